The zero-order valence-corrected chi connectivity index (χ0v) is 20.1. The Hall–Kier alpha value is -3.20. The molecule has 2 heterocycles. The van der Waals surface area contributed by atoms with Crippen LogP contribution in [0.25, 0.3) is 11.1 Å². The van der Waals surface area contributed by atoms with Gasteiger partial charge in [-0.2, -0.15) is 9.37 Å². The number of sulfonamides is 1. The summed E-state index contributed by atoms with van der Waals surface area (Å²) in [7, 11) is -3.64. The molecule has 0 unspecified atom stereocenters. The lowest BCUT2D eigenvalue weighted by Gasteiger charge is -2.23. The predicted octanol–water partition coefficient (Wildman–Crippen LogP) is 4.18. The lowest BCUT2D eigenvalue weighted by Crippen LogP contribution is -2.40. The number of nitrogens with zero attached hydrogens (tertiary/aromatic N) is 2. The van der Waals surface area contributed by atoms with E-state index in [9.17, 15) is 13.2 Å². The summed E-state index contributed by atoms with van der Waals surface area (Å²) in [5, 5.41) is 1.24. The van der Waals surface area contributed by atoms with Gasteiger partial charge in [0.1, 0.15) is 6.61 Å². The quantitative estimate of drug-likeness (QED) is 0.549. The van der Waals surface area contributed by atoms with Gasteiger partial charge in [-0.05, 0) is 41.3 Å². The van der Waals surface area contributed by atoms with E-state index in [0.717, 1.165) is 27.8 Å². The Kier molecular flexibility index (Phi) is 5.40. The smallest absolute Gasteiger partial charge is 0.434 e. The second kappa shape index (κ2) is 8.48. The highest BCUT2D eigenvalue weighted by atomic mass is 32.2. The number of carbonyl (C=O) groups excluding carboxylic acids is 1. The first-order chi connectivity index (χ1) is 16.9. The first kappa shape index (κ1) is 22.3. The number of hydroxylamine groups is 2. The average Bonchev–Trinajstić information content (AvgIpc) is 3.55. The molecular weight excluding hydrogens is 464 g/mol. The SMILES string of the molecule is Cc1ccc(S(=O)(=O)N2C[C@H]3CON(C(=O)OCC4c5ccccc5-c5ccccc54)[C@H]3C2)cc1. The monoisotopic (exact) mass is 490 g/mol. The van der Waals surface area contributed by atoms with Crippen LogP contribution in [-0.2, 0) is 19.6 Å². The molecule has 1 amide bonds. The van der Waals surface area contributed by atoms with E-state index in [1.54, 1.807) is 24.3 Å². The van der Waals surface area contributed by atoms with E-state index in [2.05, 4.69) is 24.3 Å². The lowest BCUT2D eigenvalue weighted by atomic mass is 9.98. The summed E-state index contributed by atoms with van der Waals surface area (Å²) in [5.41, 5.74) is 5.59. The molecule has 3 aromatic carbocycles. The number of ether oxygens (including phenoxy) is 1. The summed E-state index contributed by atoms with van der Waals surface area (Å²) in [6.07, 6.45) is -0.575. The van der Waals surface area contributed by atoms with Gasteiger partial charge in [0.25, 0.3) is 0 Å². The normalized spacial score (nSPS) is 21.6. The summed E-state index contributed by atoms with van der Waals surface area (Å²) < 4.78 is 33.5. The van der Waals surface area contributed by atoms with Crippen LogP contribution in [0.4, 0.5) is 4.79 Å². The minimum Gasteiger partial charge on any atom is -0.447 e. The standard InChI is InChI=1S/C27H26N2O5S/c1-18-10-12-20(13-11-18)35(31,32)28-14-19-16-34-29(26(19)15-28)27(30)33-17-25-23-8-4-2-6-21(23)22-7-3-5-9-24(22)25/h2-13,19,25-26H,14-17H2,1H3/t19-,26-/m0/s1. The van der Waals surface area contributed by atoms with E-state index >= 15 is 0 Å². The summed E-state index contributed by atoms with van der Waals surface area (Å²) >= 11 is 0. The van der Waals surface area contributed by atoms with Crippen molar-refractivity contribution in [1.82, 2.24) is 9.37 Å². The molecular formula is C27H26N2O5S. The second-order valence-electron chi connectivity index (χ2n) is 9.39. The summed E-state index contributed by atoms with van der Waals surface area (Å²) in [5.74, 6) is -0.137. The maximum Gasteiger partial charge on any atom is 0.434 e. The molecule has 2 atom stereocenters. The second-order valence-corrected chi connectivity index (χ2v) is 11.3. The molecule has 2 saturated heterocycles. The van der Waals surface area contributed by atoms with Gasteiger partial charge in [0, 0.05) is 24.9 Å². The van der Waals surface area contributed by atoms with Gasteiger partial charge in [-0.3, -0.25) is 4.84 Å². The third-order valence-electron chi connectivity index (χ3n) is 7.28. The Morgan fingerprint density at radius 1 is 0.943 bits per heavy atom. The van der Waals surface area contributed by atoms with Gasteiger partial charge >= 0.3 is 6.09 Å². The molecule has 0 saturated carbocycles. The van der Waals surface area contributed by atoms with Gasteiger partial charge in [0.05, 0.1) is 17.5 Å². The Morgan fingerprint density at radius 3 is 2.23 bits per heavy atom. The molecule has 0 N–H and O–H groups in total. The molecule has 0 spiro atoms. The van der Waals surface area contributed by atoms with E-state index in [1.807, 2.05) is 31.2 Å². The van der Waals surface area contributed by atoms with Gasteiger partial charge in [-0.25, -0.2) is 13.2 Å². The maximum absolute atomic E-state index is 13.1. The summed E-state index contributed by atoms with van der Waals surface area (Å²) in [6.45, 7) is 2.89. The van der Waals surface area contributed by atoms with E-state index in [1.165, 1.54) is 9.37 Å². The molecule has 6 rings (SSSR count). The number of benzene rings is 3. The molecule has 35 heavy (non-hydrogen) atoms. The van der Waals surface area contributed by atoms with Crippen LogP contribution in [0.2, 0.25) is 0 Å². The number of rotatable bonds is 4. The van der Waals surface area contributed by atoms with Crippen LogP contribution < -0.4 is 0 Å². The van der Waals surface area contributed by atoms with Crippen LogP contribution in [0.3, 0.4) is 0 Å². The predicted molar refractivity (Wildman–Crippen MR) is 130 cm³/mol. The molecule has 2 fully saturated rings. The largest absolute Gasteiger partial charge is 0.447 e. The van der Waals surface area contributed by atoms with Crippen molar-refractivity contribution in [3.63, 3.8) is 0 Å². The Balaban J connectivity index is 1.15. The fourth-order valence-electron chi connectivity index (χ4n) is 5.42. The molecule has 1 aliphatic carbocycles. The number of amides is 1. The first-order valence-electron chi connectivity index (χ1n) is 11.8. The minimum atomic E-state index is -3.64. The van der Waals surface area contributed by atoms with Gasteiger partial charge in [0.2, 0.25) is 10.0 Å². The van der Waals surface area contributed by atoms with Crippen molar-refractivity contribution < 1.29 is 22.8 Å². The van der Waals surface area contributed by atoms with Gasteiger partial charge in [-0.1, -0.05) is 66.2 Å². The first-order valence-corrected chi connectivity index (χ1v) is 13.2. The van der Waals surface area contributed by atoms with Crippen LogP contribution in [-0.4, -0.2) is 56.2 Å². The topological polar surface area (TPSA) is 76.2 Å². The molecule has 0 radical (unpaired) electrons. The fraction of sp³-hybridized carbons (Fsp3) is 0.296. The molecule has 0 aromatic heterocycles. The van der Waals surface area contributed by atoms with E-state index in [-0.39, 0.29) is 42.5 Å². The number of fused-ring (bicyclic) bond motifs is 4. The van der Waals surface area contributed by atoms with Gasteiger partial charge < -0.3 is 4.74 Å². The zero-order valence-electron chi connectivity index (χ0n) is 19.3. The van der Waals surface area contributed by atoms with Crippen molar-refractivity contribution in [3.05, 3.63) is 89.5 Å². The zero-order chi connectivity index (χ0) is 24.2. The highest BCUT2D eigenvalue weighted by Gasteiger charge is 2.49. The number of carbonyl (C=O) groups is 1. The molecule has 7 nitrogen and oxygen atoms in total. The van der Waals surface area contributed by atoms with E-state index in [0.29, 0.717) is 6.54 Å². The number of hydrogen-bond acceptors (Lipinski definition) is 5. The van der Waals surface area contributed by atoms with E-state index < -0.39 is 16.1 Å². The highest BCUT2D eigenvalue weighted by Crippen LogP contribution is 2.44. The fourth-order valence-corrected chi connectivity index (χ4v) is 6.93. The van der Waals surface area contributed by atoms with Crippen molar-refractivity contribution in [3.8, 4) is 11.1 Å². The van der Waals surface area contributed by atoms with Crippen molar-refractivity contribution in [2.75, 3.05) is 26.3 Å². The van der Waals surface area contributed by atoms with Crippen LogP contribution in [0, 0.1) is 12.8 Å². The lowest BCUT2D eigenvalue weighted by molar-refractivity contribution is -0.112. The van der Waals surface area contributed by atoms with Gasteiger partial charge in [-0.15, -0.1) is 0 Å². The molecule has 0 bridgehead atoms. The number of aryl methyl sites for hydroxylation is 1. The Labute approximate surface area is 204 Å². The van der Waals surface area contributed by atoms with Gasteiger partial charge in [0.15, 0.2) is 0 Å². The molecule has 3 aromatic rings. The summed E-state index contributed by atoms with van der Waals surface area (Å²) in [4.78, 5) is 19.0. The van der Waals surface area contributed by atoms with Crippen LogP contribution in [0.1, 0.15) is 22.6 Å². The molecule has 180 valence electrons. The van der Waals surface area contributed by atoms with Crippen LogP contribution in [0.15, 0.2) is 77.7 Å². The van der Waals surface area contributed by atoms with E-state index in [4.69, 9.17) is 9.57 Å². The maximum atomic E-state index is 13.1. The Morgan fingerprint density at radius 2 is 1.57 bits per heavy atom. The van der Waals surface area contributed by atoms with Crippen molar-refractivity contribution in [2.45, 2.75) is 23.8 Å². The Bertz CT molecular complexity index is 1340. The summed E-state index contributed by atoms with van der Waals surface area (Å²) in [6, 6.07) is 22.8. The van der Waals surface area contributed by atoms with Crippen LogP contribution in [0.5, 0.6) is 0 Å². The van der Waals surface area contributed by atoms with Crippen LogP contribution >= 0.6 is 0 Å². The third-order valence-corrected chi connectivity index (χ3v) is 9.12. The number of hydrogen-bond donors (Lipinski definition) is 0. The van der Waals surface area contributed by atoms with Crippen molar-refractivity contribution >= 4 is 16.1 Å². The molecule has 8 heteroatoms. The average molecular weight is 491 g/mol. The van der Waals surface area contributed by atoms with Crippen molar-refractivity contribution in [2.24, 2.45) is 5.92 Å². The highest BCUT2D eigenvalue weighted by molar-refractivity contribution is 7.89. The molecule has 2 aliphatic heterocycles. The minimum absolute atomic E-state index is 0.0493. The van der Waals surface area contributed by atoms with Crippen molar-refractivity contribution in [1.29, 1.82) is 0 Å². The molecule has 3 aliphatic rings. The third kappa shape index (κ3) is 3.73.